The number of pyridine rings is 1. The summed E-state index contributed by atoms with van der Waals surface area (Å²) in [4.78, 5) is 37.2. The molecule has 2 fully saturated rings. The van der Waals surface area contributed by atoms with Crippen LogP contribution in [0.15, 0.2) is 18.6 Å². The second kappa shape index (κ2) is 6.13. The number of fused-ring (bicyclic) bond motifs is 1. The lowest BCUT2D eigenvalue weighted by Gasteiger charge is -2.37. The van der Waals surface area contributed by atoms with Gasteiger partial charge in [0.05, 0.1) is 11.9 Å². The van der Waals surface area contributed by atoms with Gasteiger partial charge in [0, 0.05) is 32.4 Å². The third kappa shape index (κ3) is 2.67. The monoisotopic (exact) mass is 341 g/mol. The number of hydrogen-bond donors (Lipinski definition) is 0. The van der Waals surface area contributed by atoms with Gasteiger partial charge < -0.3 is 14.4 Å². The van der Waals surface area contributed by atoms with E-state index in [2.05, 4.69) is 14.5 Å². The Bertz CT molecular complexity index is 824. The van der Waals surface area contributed by atoms with Crippen molar-refractivity contribution in [3.63, 3.8) is 0 Å². The highest BCUT2D eigenvalue weighted by atomic mass is 16.2. The van der Waals surface area contributed by atoms with E-state index in [1.807, 2.05) is 6.33 Å². The van der Waals surface area contributed by atoms with E-state index in [9.17, 15) is 9.59 Å². The summed E-state index contributed by atoms with van der Waals surface area (Å²) in [6.45, 7) is 2.87. The summed E-state index contributed by atoms with van der Waals surface area (Å²) in [5.74, 6) is -0.182. The van der Waals surface area contributed by atoms with Crippen molar-refractivity contribution in [2.24, 2.45) is 0 Å². The Hall–Kier alpha value is -2.44. The van der Waals surface area contributed by atoms with Gasteiger partial charge >= 0.3 is 0 Å². The number of amides is 2. The zero-order valence-electron chi connectivity index (χ0n) is 14.7. The van der Waals surface area contributed by atoms with Gasteiger partial charge in [-0.3, -0.25) is 9.59 Å². The highest BCUT2D eigenvalue weighted by Crippen LogP contribution is 2.31. The van der Waals surface area contributed by atoms with Crippen LogP contribution in [0.25, 0.3) is 11.2 Å². The minimum atomic E-state index is -0.446. The number of imidazole rings is 1. The van der Waals surface area contributed by atoms with E-state index in [0.717, 1.165) is 24.0 Å². The molecule has 2 aromatic rings. The molecule has 1 unspecified atom stereocenters. The van der Waals surface area contributed by atoms with E-state index in [0.29, 0.717) is 24.7 Å². The molecule has 1 aliphatic carbocycles. The first kappa shape index (κ1) is 16.1. The second-order valence-electron chi connectivity index (χ2n) is 7.09. The summed E-state index contributed by atoms with van der Waals surface area (Å²) >= 11 is 0. The summed E-state index contributed by atoms with van der Waals surface area (Å²) < 4.78 is 2.14. The molecule has 1 saturated carbocycles. The Labute approximate surface area is 146 Å². The molecule has 2 aliphatic rings. The van der Waals surface area contributed by atoms with Crippen molar-refractivity contribution in [2.75, 3.05) is 20.1 Å². The molecule has 132 valence electrons. The molecule has 0 N–H and O–H groups in total. The van der Waals surface area contributed by atoms with Crippen LogP contribution in [0.1, 0.15) is 49.0 Å². The fourth-order valence-corrected chi connectivity index (χ4v) is 3.94. The van der Waals surface area contributed by atoms with E-state index in [4.69, 9.17) is 0 Å². The number of carbonyl (C=O) groups excluding carboxylic acids is 2. The van der Waals surface area contributed by atoms with Crippen molar-refractivity contribution < 1.29 is 9.59 Å². The summed E-state index contributed by atoms with van der Waals surface area (Å²) in [6.07, 6.45) is 8.27. The molecule has 1 saturated heterocycles. The van der Waals surface area contributed by atoms with Crippen LogP contribution in [0.4, 0.5) is 0 Å². The van der Waals surface area contributed by atoms with Gasteiger partial charge in [-0.1, -0.05) is 12.8 Å². The topological polar surface area (TPSA) is 71.3 Å². The van der Waals surface area contributed by atoms with Gasteiger partial charge in [0.15, 0.2) is 5.65 Å². The maximum absolute atomic E-state index is 12.8. The standard InChI is InChI=1S/C18H23N5O2/c1-12-17(24)21(2)7-8-22(12)18(25)13-9-15-16(19-10-13)23(11-20-15)14-5-3-4-6-14/h9-12,14H,3-8H2,1-2H3. The SMILES string of the molecule is CC1C(=O)N(C)CCN1C(=O)c1cnc2c(c1)ncn2C1CCCC1. The number of carbonyl (C=O) groups is 2. The molecule has 1 aliphatic heterocycles. The fraction of sp³-hybridized carbons (Fsp3) is 0.556. The zero-order valence-corrected chi connectivity index (χ0v) is 14.7. The van der Waals surface area contributed by atoms with Crippen molar-refractivity contribution in [3.05, 3.63) is 24.2 Å². The van der Waals surface area contributed by atoms with E-state index < -0.39 is 6.04 Å². The second-order valence-corrected chi connectivity index (χ2v) is 7.09. The quantitative estimate of drug-likeness (QED) is 0.836. The first-order valence-corrected chi connectivity index (χ1v) is 8.95. The lowest BCUT2D eigenvalue weighted by atomic mass is 10.1. The number of piperazine rings is 1. The summed E-state index contributed by atoms with van der Waals surface area (Å²) in [7, 11) is 1.77. The molecule has 0 aromatic carbocycles. The highest BCUT2D eigenvalue weighted by Gasteiger charge is 2.33. The van der Waals surface area contributed by atoms with Crippen LogP contribution < -0.4 is 0 Å². The molecule has 2 aromatic heterocycles. The normalized spacial score (nSPS) is 22.2. The molecule has 1 atom stereocenters. The molecule has 0 bridgehead atoms. The van der Waals surface area contributed by atoms with Gasteiger partial charge in [-0.15, -0.1) is 0 Å². The molecule has 25 heavy (non-hydrogen) atoms. The van der Waals surface area contributed by atoms with Gasteiger partial charge in [-0.05, 0) is 25.8 Å². The summed E-state index contributed by atoms with van der Waals surface area (Å²) in [5.41, 5.74) is 2.07. The molecule has 0 spiro atoms. The third-order valence-electron chi connectivity index (χ3n) is 5.52. The largest absolute Gasteiger partial charge is 0.342 e. The predicted octanol–water partition coefficient (Wildman–Crippen LogP) is 1.85. The van der Waals surface area contributed by atoms with E-state index in [1.54, 1.807) is 36.0 Å². The summed E-state index contributed by atoms with van der Waals surface area (Å²) in [6, 6.07) is 1.82. The molecular formula is C18H23N5O2. The van der Waals surface area contributed by atoms with Gasteiger partial charge in [0.1, 0.15) is 11.6 Å². The Morgan fingerprint density at radius 2 is 1.96 bits per heavy atom. The van der Waals surface area contributed by atoms with Crippen molar-refractivity contribution >= 4 is 23.0 Å². The maximum Gasteiger partial charge on any atom is 0.256 e. The zero-order chi connectivity index (χ0) is 17.6. The Morgan fingerprint density at radius 3 is 2.72 bits per heavy atom. The van der Waals surface area contributed by atoms with Crippen LogP contribution >= 0.6 is 0 Å². The van der Waals surface area contributed by atoms with E-state index in [1.165, 1.54) is 12.8 Å². The smallest absolute Gasteiger partial charge is 0.256 e. The van der Waals surface area contributed by atoms with Crippen molar-refractivity contribution in [1.82, 2.24) is 24.3 Å². The average Bonchev–Trinajstić information content (AvgIpc) is 3.27. The number of aromatic nitrogens is 3. The Balaban J connectivity index is 1.61. The highest BCUT2D eigenvalue weighted by molar-refractivity contribution is 5.99. The predicted molar refractivity (Wildman–Crippen MR) is 93.2 cm³/mol. The average molecular weight is 341 g/mol. The summed E-state index contributed by atoms with van der Waals surface area (Å²) in [5, 5.41) is 0. The van der Waals surface area contributed by atoms with Gasteiger partial charge in [-0.2, -0.15) is 0 Å². The van der Waals surface area contributed by atoms with Crippen LogP contribution in [-0.2, 0) is 4.79 Å². The number of likely N-dealkylation sites (N-methyl/N-ethyl adjacent to an activating group) is 1. The number of nitrogens with zero attached hydrogens (tertiary/aromatic N) is 5. The molecular weight excluding hydrogens is 318 g/mol. The van der Waals surface area contributed by atoms with Crippen LogP contribution in [-0.4, -0.2) is 62.3 Å². The lowest BCUT2D eigenvalue weighted by molar-refractivity contribution is -0.137. The Morgan fingerprint density at radius 1 is 1.20 bits per heavy atom. The van der Waals surface area contributed by atoms with Gasteiger partial charge in [0.25, 0.3) is 5.91 Å². The van der Waals surface area contributed by atoms with Crippen molar-refractivity contribution in [3.8, 4) is 0 Å². The fourth-order valence-electron chi connectivity index (χ4n) is 3.94. The van der Waals surface area contributed by atoms with Crippen LogP contribution in [0.5, 0.6) is 0 Å². The minimum Gasteiger partial charge on any atom is -0.342 e. The molecule has 2 amide bonds. The van der Waals surface area contributed by atoms with Crippen molar-refractivity contribution in [2.45, 2.75) is 44.7 Å². The van der Waals surface area contributed by atoms with E-state index >= 15 is 0 Å². The van der Waals surface area contributed by atoms with Gasteiger partial charge in [-0.25, -0.2) is 9.97 Å². The first-order valence-electron chi connectivity index (χ1n) is 8.95. The lowest BCUT2D eigenvalue weighted by Crippen LogP contribution is -2.56. The van der Waals surface area contributed by atoms with Crippen LogP contribution in [0.2, 0.25) is 0 Å². The maximum atomic E-state index is 12.8. The van der Waals surface area contributed by atoms with E-state index in [-0.39, 0.29) is 11.8 Å². The third-order valence-corrected chi connectivity index (χ3v) is 5.52. The molecule has 7 heteroatoms. The molecule has 0 radical (unpaired) electrons. The molecule has 3 heterocycles. The Kier molecular flexibility index (Phi) is 3.94. The molecule has 4 rings (SSSR count). The van der Waals surface area contributed by atoms with Crippen LogP contribution in [0, 0.1) is 0 Å². The van der Waals surface area contributed by atoms with Crippen LogP contribution in [0.3, 0.4) is 0 Å². The van der Waals surface area contributed by atoms with Gasteiger partial charge in [0.2, 0.25) is 5.91 Å². The number of rotatable bonds is 2. The molecule has 7 nitrogen and oxygen atoms in total. The minimum absolute atomic E-state index is 0.0286. The number of hydrogen-bond acceptors (Lipinski definition) is 4. The van der Waals surface area contributed by atoms with Crippen molar-refractivity contribution in [1.29, 1.82) is 0 Å². The first-order chi connectivity index (χ1) is 12.1.